The Kier molecular flexibility index (Phi) is 5.54. The third-order valence-corrected chi connectivity index (χ3v) is 5.83. The summed E-state index contributed by atoms with van der Waals surface area (Å²) in [5.74, 6) is 1.20. The summed E-state index contributed by atoms with van der Waals surface area (Å²) in [5.41, 5.74) is 2.36. The van der Waals surface area contributed by atoms with Crippen LogP contribution in [0, 0.1) is 6.92 Å². The van der Waals surface area contributed by atoms with Gasteiger partial charge in [0.1, 0.15) is 5.58 Å². The quantitative estimate of drug-likeness (QED) is 0.405. The van der Waals surface area contributed by atoms with E-state index in [1.54, 1.807) is 22.8 Å². The lowest BCUT2D eigenvalue weighted by atomic mass is 10.2. The minimum atomic E-state index is -0.150. The van der Waals surface area contributed by atoms with Crippen LogP contribution in [-0.2, 0) is 11.8 Å². The van der Waals surface area contributed by atoms with Gasteiger partial charge in [-0.25, -0.2) is 0 Å². The van der Waals surface area contributed by atoms with Crippen molar-refractivity contribution in [2.24, 2.45) is 7.05 Å². The lowest BCUT2D eigenvalue weighted by Crippen LogP contribution is -2.15. The minimum absolute atomic E-state index is 0.150. The fourth-order valence-corrected chi connectivity index (χ4v) is 3.89. The van der Waals surface area contributed by atoms with Crippen LogP contribution < -0.4 is 5.32 Å². The summed E-state index contributed by atoms with van der Waals surface area (Å²) < 4.78 is 7.64. The molecule has 0 saturated carbocycles. The van der Waals surface area contributed by atoms with E-state index in [2.05, 4.69) is 15.5 Å². The molecule has 9 heteroatoms. The molecule has 2 heterocycles. The van der Waals surface area contributed by atoms with Crippen LogP contribution in [-0.4, -0.2) is 26.4 Å². The Bertz CT molecular complexity index is 1220. The number of amides is 1. The molecule has 0 bridgehead atoms. The van der Waals surface area contributed by atoms with E-state index >= 15 is 0 Å². The summed E-state index contributed by atoms with van der Waals surface area (Å²) in [6.07, 6.45) is 0. The van der Waals surface area contributed by atoms with Crippen molar-refractivity contribution in [1.82, 2.24) is 14.8 Å². The molecule has 0 aliphatic carbocycles. The minimum Gasteiger partial charge on any atom is -0.453 e. The van der Waals surface area contributed by atoms with Crippen molar-refractivity contribution < 1.29 is 9.21 Å². The third-order valence-electron chi connectivity index (χ3n) is 4.34. The molecule has 0 fully saturated rings. The van der Waals surface area contributed by atoms with Gasteiger partial charge in [0.2, 0.25) is 5.91 Å². The van der Waals surface area contributed by atoms with Gasteiger partial charge >= 0.3 is 0 Å². The first-order valence-electron chi connectivity index (χ1n) is 8.68. The first-order valence-corrected chi connectivity index (χ1v) is 10.4. The number of aromatic nitrogens is 3. The predicted molar refractivity (Wildman–Crippen MR) is 117 cm³/mol. The van der Waals surface area contributed by atoms with Crippen LogP contribution in [0.25, 0.3) is 22.6 Å². The van der Waals surface area contributed by atoms with Crippen molar-refractivity contribution in [1.29, 1.82) is 0 Å². The number of halogens is 2. The van der Waals surface area contributed by atoms with Crippen molar-refractivity contribution in [3.8, 4) is 11.6 Å². The number of hydrogen-bond acceptors (Lipinski definition) is 5. The van der Waals surface area contributed by atoms with Gasteiger partial charge in [-0.05, 0) is 48.9 Å². The van der Waals surface area contributed by atoms with Gasteiger partial charge in [-0.2, -0.15) is 0 Å². The van der Waals surface area contributed by atoms with Gasteiger partial charge in [-0.3, -0.25) is 4.79 Å². The molecule has 0 unspecified atom stereocenters. The number of fused-ring (bicyclic) bond motifs is 1. The number of carbonyl (C=O) groups is 1. The van der Waals surface area contributed by atoms with Crippen LogP contribution in [0.4, 0.5) is 5.69 Å². The molecule has 0 saturated heterocycles. The smallest absolute Gasteiger partial charge is 0.234 e. The molecule has 148 valence electrons. The van der Waals surface area contributed by atoms with E-state index in [9.17, 15) is 4.79 Å². The maximum absolute atomic E-state index is 12.3. The van der Waals surface area contributed by atoms with E-state index in [4.69, 9.17) is 27.6 Å². The molecule has 1 amide bonds. The average molecular weight is 447 g/mol. The van der Waals surface area contributed by atoms with Crippen LogP contribution in [0.5, 0.6) is 0 Å². The lowest BCUT2D eigenvalue weighted by Gasteiger charge is -2.08. The summed E-state index contributed by atoms with van der Waals surface area (Å²) >= 11 is 13.3. The maximum atomic E-state index is 12.3. The molecular weight excluding hydrogens is 431 g/mol. The number of anilines is 1. The Morgan fingerprint density at radius 1 is 1.14 bits per heavy atom. The number of rotatable bonds is 5. The van der Waals surface area contributed by atoms with Gasteiger partial charge in [0.15, 0.2) is 16.7 Å². The Morgan fingerprint density at radius 3 is 2.72 bits per heavy atom. The van der Waals surface area contributed by atoms with Gasteiger partial charge in [-0.1, -0.05) is 41.0 Å². The normalized spacial score (nSPS) is 11.2. The predicted octanol–water partition coefficient (Wildman–Crippen LogP) is 5.57. The molecule has 2 aromatic carbocycles. The van der Waals surface area contributed by atoms with Crippen molar-refractivity contribution in [3.05, 3.63) is 58.1 Å². The van der Waals surface area contributed by atoms with E-state index < -0.39 is 0 Å². The number of nitrogens with zero attached hydrogens (tertiary/aromatic N) is 3. The number of furan rings is 1. The van der Waals surface area contributed by atoms with Gasteiger partial charge in [0.05, 0.1) is 5.75 Å². The average Bonchev–Trinajstić information content (AvgIpc) is 3.25. The zero-order valence-electron chi connectivity index (χ0n) is 15.6. The highest BCUT2D eigenvalue weighted by molar-refractivity contribution is 7.99. The van der Waals surface area contributed by atoms with E-state index in [1.807, 2.05) is 38.2 Å². The van der Waals surface area contributed by atoms with Crippen molar-refractivity contribution >= 4 is 57.5 Å². The van der Waals surface area contributed by atoms with Crippen molar-refractivity contribution in [2.75, 3.05) is 11.1 Å². The number of nitrogens with one attached hydrogen (secondary N) is 1. The highest BCUT2D eigenvalue weighted by atomic mass is 35.5. The van der Waals surface area contributed by atoms with E-state index in [-0.39, 0.29) is 11.7 Å². The topological polar surface area (TPSA) is 73.0 Å². The molecule has 4 rings (SSSR count). The molecule has 6 nitrogen and oxygen atoms in total. The first kappa shape index (κ1) is 19.8. The van der Waals surface area contributed by atoms with E-state index in [0.717, 1.165) is 16.5 Å². The van der Waals surface area contributed by atoms with Crippen LogP contribution >= 0.6 is 35.0 Å². The number of aryl methyl sites for hydroxylation is 1. The van der Waals surface area contributed by atoms with Gasteiger partial charge in [0, 0.05) is 28.2 Å². The van der Waals surface area contributed by atoms with Crippen LogP contribution in [0.1, 0.15) is 5.56 Å². The third kappa shape index (κ3) is 4.27. The Hall–Kier alpha value is -2.48. The second-order valence-electron chi connectivity index (χ2n) is 6.45. The Balaban J connectivity index is 1.47. The standard InChI is InChI=1S/C20H16Cl2N4O2S/c1-11-3-4-14(22)9-15(11)23-18(27)10-29-20-25-24-19(26(20)2)17-8-12-7-13(21)5-6-16(12)28-17/h3-9H,10H2,1-2H3,(H,23,27). The molecule has 0 aliphatic rings. The Morgan fingerprint density at radius 2 is 1.90 bits per heavy atom. The van der Waals surface area contributed by atoms with Crippen LogP contribution in [0.3, 0.4) is 0 Å². The van der Waals surface area contributed by atoms with E-state index in [1.165, 1.54) is 11.8 Å². The largest absolute Gasteiger partial charge is 0.453 e. The molecule has 0 radical (unpaired) electrons. The molecule has 0 spiro atoms. The SMILES string of the molecule is Cc1ccc(Cl)cc1NC(=O)CSc1nnc(-c2cc3cc(Cl)ccc3o2)n1C. The highest BCUT2D eigenvalue weighted by Gasteiger charge is 2.17. The fraction of sp³-hybridized carbons (Fsp3) is 0.150. The number of carbonyl (C=O) groups excluding carboxylic acids is 1. The summed E-state index contributed by atoms with van der Waals surface area (Å²) in [5, 5.41) is 14.0. The van der Waals surface area contributed by atoms with Gasteiger partial charge in [-0.15, -0.1) is 10.2 Å². The first-order chi connectivity index (χ1) is 13.9. The van der Waals surface area contributed by atoms with Gasteiger partial charge < -0.3 is 14.3 Å². The molecule has 1 N–H and O–H groups in total. The van der Waals surface area contributed by atoms with Crippen LogP contribution in [0.2, 0.25) is 10.0 Å². The summed E-state index contributed by atoms with van der Waals surface area (Å²) in [6.45, 7) is 1.91. The fourth-order valence-electron chi connectivity index (χ4n) is 2.82. The molecule has 4 aromatic rings. The molecule has 0 atom stereocenters. The van der Waals surface area contributed by atoms with E-state index in [0.29, 0.717) is 32.5 Å². The summed E-state index contributed by atoms with van der Waals surface area (Å²) in [4.78, 5) is 12.3. The summed E-state index contributed by atoms with van der Waals surface area (Å²) in [7, 11) is 1.83. The lowest BCUT2D eigenvalue weighted by molar-refractivity contribution is -0.113. The number of benzene rings is 2. The monoisotopic (exact) mass is 446 g/mol. The highest BCUT2D eigenvalue weighted by Crippen LogP contribution is 2.30. The van der Waals surface area contributed by atoms with Gasteiger partial charge in [0.25, 0.3) is 0 Å². The molecule has 29 heavy (non-hydrogen) atoms. The Labute approximate surface area is 181 Å². The number of thioether (sulfide) groups is 1. The van der Waals surface area contributed by atoms with Crippen LogP contribution in [0.15, 0.2) is 52.0 Å². The second-order valence-corrected chi connectivity index (χ2v) is 8.27. The molecule has 0 aliphatic heterocycles. The van der Waals surface area contributed by atoms with Crippen molar-refractivity contribution in [3.63, 3.8) is 0 Å². The molecular formula is C20H16Cl2N4O2S. The number of hydrogen-bond donors (Lipinski definition) is 1. The van der Waals surface area contributed by atoms with Crippen molar-refractivity contribution in [2.45, 2.75) is 12.1 Å². The second kappa shape index (κ2) is 8.10. The maximum Gasteiger partial charge on any atom is 0.234 e. The zero-order chi connectivity index (χ0) is 20.5. The summed E-state index contributed by atoms with van der Waals surface area (Å²) in [6, 6.07) is 12.7. The zero-order valence-corrected chi connectivity index (χ0v) is 17.9. The molecule has 2 aromatic heterocycles.